The summed E-state index contributed by atoms with van der Waals surface area (Å²) < 4.78 is 4.75. The Labute approximate surface area is 282 Å². The highest BCUT2D eigenvalue weighted by Gasteiger charge is 2.35. The molecule has 0 atom stereocenters. The van der Waals surface area contributed by atoms with E-state index >= 15 is 0 Å². The summed E-state index contributed by atoms with van der Waals surface area (Å²) >= 11 is 0. The maximum atomic E-state index is 5.53. The number of hydrogen-bond acceptors (Lipinski definition) is 2. The Balaban J connectivity index is 1.33. The minimum Gasteiger partial charge on any atom is -0.307 e. The van der Waals surface area contributed by atoms with Gasteiger partial charge in [-0.15, -0.1) is 0 Å². The van der Waals surface area contributed by atoms with Gasteiger partial charge in [0.1, 0.15) is 0 Å². The molecular weight excluding hydrogens is 597 g/mol. The molecule has 4 nitrogen and oxygen atoms in total. The largest absolute Gasteiger partial charge is 0.307 e. The highest BCUT2D eigenvalue weighted by molar-refractivity contribution is 6.23. The van der Waals surface area contributed by atoms with E-state index in [1.54, 1.807) is 0 Å². The number of nitrogens with zero attached hydrogens (tertiary/aromatic N) is 4. The average molecular weight is 627 g/mol. The van der Waals surface area contributed by atoms with Gasteiger partial charge in [-0.2, -0.15) is 0 Å². The van der Waals surface area contributed by atoms with Gasteiger partial charge in [0.15, 0.2) is 0 Å². The zero-order valence-corrected chi connectivity index (χ0v) is 27.1. The van der Waals surface area contributed by atoms with Crippen LogP contribution in [0.3, 0.4) is 0 Å². The van der Waals surface area contributed by atoms with Crippen molar-refractivity contribution < 1.29 is 0 Å². The molecule has 0 N–H and O–H groups in total. The molecule has 0 saturated heterocycles. The summed E-state index contributed by atoms with van der Waals surface area (Å²) in [5.74, 6) is 0.683. The lowest BCUT2D eigenvalue weighted by Gasteiger charge is -2.34. The molecular formula is C45H30N4. The first-order valence-electron chi connectivity index (χ1n) is 16.9. The van der Waals surface area contributed by atoms with E-state index in [-0.39, 0.29) is 5.41 Å². The summed E-state index contributed by atoms with van der Waals surface area (Å²) in [6.45, 7) is 4.62. The number of fused-ring (bicyclic) bond motifs is 10. The Bertz CT molecular complexity index is 3030. The molecule has 11 rings (SSSR count). The summed E-state index contributed by atoms with van der Waals surface area (Å²) in [7, 11) is 0. The molecule has 3 heterocycles. The van der Waals surface area contributed by atoms with Gasteiger partial charge in [-0.05, 0) is 52.2 Å². The molecule has 0 radical (unpaired) electrons. The van der Waals surface area contributed by atoms with Crippen LogP contribution in [0.5, 0.6) is 0 Å². The molecule has 0 spiro atoms. The molecule has 10 aromatic rings. The van der Waals surface area contributed by atoms with Gasteiger partial charge in [-0.25, -0.2) is 9.97 Å². The van der Waals surface area contributed by atoms with Crippen molar-refractivity contribution in [1.82, 2.24) is 19.1 Å². The zero-order chi connectivity index (χ0) is 32.4. The van der Waals surface area contributed by atoms with E-state index in [4.69, 9.17) is 9.97 Å². The first-order chi connectivity index (χ1) is 24.1. The van der Waals surface area contributed by atoms with Crippen molar-refractivity contribution in [2.75, 3.05) is 0 Å². The summed E-state index contributed by atoms with van der Waals surface area (Å²) in [6.07, 6.45) is 0. The van der Waals surface area contributed by atoms with Crippen molar-refractivity contribution >= 4 is 65.3 Å². The van der Waals surface area contributed by atoms with Crippen LogP contribution in [0.25, 0.3) is 88.2 Å². The molecule has 1 aliphatic rings. The van der Waals surface area contributed by atoms with Crippen LogP contribution < -0.4 is 0 Å². The van der Waals surface area contributed by atoms with Crippen LogP contribution in [0.2, 0.25) is 0 Å². The van der Waals surface area contributed by atoms with Gasteiger partial charge in [0.2, 0.25) is 5.95 Å². The molecule has 7 aromatic carbocycles. The van der Waals surface area contributed by atoms with E-state index in [1.165, 1.54) is 54.5 Å². The fraction of sp³-hybridized carbons (Fsp3) is 0.0667. The first-order valence-corrected chi connectivity index (χ1v) is 16.9. The van der Waals surface area contributed by atoms with Crippen LogP contribution in [-0.4, -0.2) is 19.1 Å². The maximum absolute atomic E-state index is 5.53. The normalized spacial score (nSPS) is 13.7. The molecule has 0 unspecified atom stereocenters. The number of aromatic nitrogens is 4. The zero-order valence-electron chi connectivity index (χ0n) is 27.1. The number of benzene rings is 7. The summed E-state index contributed by atoms with van der Waals surface area (Å²) in [5, 5.41) is 8.38. The molecule has 0 saturated carbocycles. The van der Waals surface area contributed by atoms with Crippen molar-refractivity contribution in [3.8, 4) is 22.9 Å². The SMILES string of the molecule is CC1(C)c2ccccc2-c2nc(-n3c4ccccc4c4ccc5c6ccccc6n(-c6ccc7ccccc7c6)c5c43)nc3cccc1c23. The van der Waals surface area contributed by atoms with E-state index in [0.29, 0.717) is 5.95 Å². The molecule has 230 valence electrons. The fourth-order valence-corrected chi connectivity index (χ4v) is 8.66. The van der Waals surface area contributed by atoms with Crippen LogP contribution in [0, 0.1) is 0 Å². The Morgan fingerprint density at radius 2 is 1.12 bits per heavy atom. The second-order valence-electron chi connectivity index (χ2n) is 13.8. The second-order valence-corrected chi connectivity index (χ2v) is 13.8. The van der Waals surface area contributed by atoms with Gasteiger partial charge in [0.25, 0.3) is 0 Å². The lowest BCUT2D eigenvalue weighted by Crippen LogP contribution is -2.24. The van der Waals surface area contributed by atoms with Gasteiger partial charge in [-0.1, -0.05) is 129 Å². The number of para-hydroxylation sites is 2. The standard InChI is InChI=1S/C45H30N4/c1-45(2)35-17-8-5-16-34(35)41-40-36(45)18-11-19-37(40)46-44(47-41)49-39-21-10-7-15-31(39)33-25-24-32-30-14-6-9-20-38(30)48(42(32)43(33)49)29-23-22-27-12-3-4-13-28(27)26-29/h3-26H,1-2H3. The monoisotopic (exact) mass is 626 g/mol. The van der Waals surface area contributed by atoms with Gasteiger partial charge < -0.3 is 4.57 Å². The van der Waals surface area contributed by atoms with E-state index in [1.807, 2.05) is 0 Å². The lowest BCUT2D eigenvalue weighted by atomic mass is 9.70. The van der Waals surface area contributed by atoms with Crippen molar-refractivity contribution in [3.63, 3.8) is 0 Å². The third-order valence-electron chi connectivity index (χ3n) is 10.9. The van der Waals surface area contributed by atoms with E-state index in [9.17, 15) is 0 Å². The van der Waals surface area contributed by atoms with Crippen molar-refractivity contribution in [3.05, 3.63) is 157 Å². The molecule has 3 aromatic heterocycles. The number of rotatable bonds is 2. The topological polar surface area (TPSA) is 35.6 Å². The summed E-state index contributed by atoms with van der Waals surface area (Å²) in [4.78, 5) is 10.9. The predicted octanol–water partition coefficient (Wildman–Crippen LogP) is 11.3. The van der Waals surface area contributed by atoms with Crippen molar-refractivity contribution in [2.24, 2.45) is 0 Å². The van der Waals surface area contributed by atoms with Crippen LogP contribution in [-0.2, 0) is 5.41 Å². The molecule has 0 aliphatic heterocycles. The quantitative estimate of drug-likeness (QED) is 0.191. The Kier molecular flexibility index (Phi) is 5.15. The van der Waals surface area contributed by atoms with Crippen LogP contribution in [0.15, 0.2) is 146 Å². The van der Waals surface area contributed by atoms with Crippen molar-refractivity contribution in [2.45, 2.75) is 19.3 Å². The first kappa shape index (κ1) is 26.8. The van der Waals surface area contributed by atoms with Crippen LogP contribution >= 0.6 is 0 Å². The minimum atomic E-state index is -0.159. The highest BCUT2D eigenvalue weighted by Crippen LogP contribution is 2.48. The van der Waals surface area contributed by atoms with Crippen LogP contribution in [0.1, 0.15) is 25.0 Å². The predicted molar refractivity (Wildman–Crippen MR) is 203 cm³/mol. The van der Waals surface area contributed by atoms with Gasteiger partial charge in [0, 0.05) is 43.6 Å². The fourth-order valence-electron chi connectivity index (χ4n) is 8.66. The second kappa shape index (κ2) is 9.42. The van der Waals surface area contributed by atoms with Gasteiger partial charge in [0.05, 0.1) is 33.3 Å². The average Bonchev–Trinajstić information content (AvgIpc) is 3.67. The molecule has 0 fully saturated rings. The van der Waals surface area contributed by atoms with E-state index in [2.05, 4.69) is 169 Å². The maximum Gasteiger partial charge on any atom is 0.235 e. The Morgan fingerprint density at radius 3 is 1.92 bits per heavy atom. The molecule has 4 heteroatoms. The molecule has 1 aliphatic carbocycles. The lowest BCUT2D eigenvalue weighted by molar-refractivity contribution is 0.643. The Morgan fingerprint density at radius 1 is 0.490 bits per heavy atom. The molecule has 49 heavy (non-hydrogen) atoms. The summed E-state index contributed by atoms with van der Waals surface area (Å²) in [6, 6.07) is 52.7. The van der Waals surface area contributed by atoms with E-state index < -0.39 is 0 Å². The van der Waals surface area contributed by atoms with Gasteiger partial charge >= 0.3 is 0 Å². The highest BCUT2D eigenvalue weighted by atomic mass is 15.2. The summed E-state index contributed by atoms with van der Waals surface area (Å²) in [5.41, 5.74) is 11.2. The van der Waals surface area contributed by atoms with Crippen molar-refractivity contribution in [1.29, 1.82) is 0 Å². The third-order valence-corrected chi connectivity index (χ3v) is 10.9. The van der Waals surface area contributed by atoms with Gasteiger partial charge in [-0.3, -0.25) is 4.57 Å². The van der Waals surface area contributed by atoms with Crippen LogP contribution in [0.4, 0.5) is 0 Å². The number of hydrogen-bond donors (Lipinski definition) is 0. The minimum absolute atomic E-state index is 0.159. The van der Waals surface area contributed by atoms with E-state index in [0.717, 1.165) is 38.8 Å². The Hall–Kier alpha value is -6.26. The third kappa shape index (κ3) is 3.47. The smallest absolute Gasteiger partial charge is 0.235 e. The molecule has 0 bridgehead atoms. The molecule has 0 amide bonds.